The van der Waals surface area contributed by atoms with Gasteiger partial charge in [0.05, 0.1) is 6.61 Å². The molecule has 0 radical (unpaired) electrons. The first-order chi connectivity index (χ1) is 18.3. The molecule has 1 unspecified atom stereocenters. The minimum atomic E-state index is -0.915. The minimum absolute atomic E-state index is 0.203. The molecule has 0 aromatic heterocycles. The van der Waals surface area contributed by atoms with Crippen LogP contribution in [0.1, 0.15) is 82.3 Å². The molecule has 3 aromatic carbocycles. The number of urea groups is 1. The summed E-state index contributed by atoms with van der Waals surface area (Å²) in [6, 6.07) is 19.5. The van der Waals surface area contributed by atoms with Crippen LogP contribution in [0.3, 0.4) is 0 Å². The number of carbonyl (C=O) groups is 2. The highest BCUT2D eigenvalue weighted by molar-refractivity contribution is 5.93. The zero-order valence-electron chi connectivity index (χ0n) is 24.2. The highest BCUT2D eigenvalue weighted by Crippen LogP contribution is 2.40. The van der Waals surface area contributed by atoms with Crippen molar-refractivity contribution < 1.29 is 19.4 Å². The number of phenolic OH excluding ortho intramolecular Hbond substituents is 1. The number of hydrogen-bond donors (Lipinski definition) is 3. The summed E-state index contributed by atoms with van der Waals surface area (Å²) in [6.07, 6.45) is 1.43. The standard InChI is InChI=1S/C33H42N2O4/c1-8-39-30(37)28(24-15-10-9-11-16-24)35-31(38)34-27-17-13-12-14-23(27)19-18-22-20-25(32(2,3)4)29(36)26(21-22)33(5,6)7/h9-17,20-21,28,36H,8,18-19H2,1-7H3,(H2,34,35,38). The zero-order chi connectivity index (χ0) is 28.8. The van der Waals surface area contributed by atoms with Gasteiger partial charge >= 0.3 is 12.0 Å². The summed E-state index contributed by atoms with van der Waals surface area (Å²) < 4.78 is 5.20. The highest BCUT2D eigenvalue weighted by atomic mass is 16.5. The number of ether oxygens (including phenoxy) is 1. The van der Waals surface area contributed by atoms with Crippen molar-refractivity contribution in [2.75, 3.05) is 11.9 Å². The summed E-state index contributed by atoms with van der Waals surface area (Å²) in [5.41, 5.74) is 4.89. The predicted octanol–water partition coefficient (Wildman–Crippen LogP) is 7.20. The molecule has 39 heavy (non-hydrogen) atoms. The second-order valence-electron chi connectivity index (χ2n) is 11.9. The van der Waals surface area contributed by atoms with Crippen LogP contribution in [0.25, 0.3) is 0 Å². The summed E-state index contributed by atoms with van der Waals surface area (Å²) in [5.74, 6) is -0.143. The van der Waals surface area contributed by atoms with E-state index in [0.717, 1.165) is 28.7 Å². The molecule has 0 aliphatic heterocycles. The average molecular weight is 531 g/mol. The fraction of sp³-hybridized carbons (Fsp3) is 0.394. The Labute approximate surface area is 232 Å². The van der Waals surface area contributed by atoms with E-state index >= 15 is 0 Å². The first-order valence-corrected chi connectivity index (χ1v) is 13.5. The van der Waals surface area contributed by atoms with E-state index in [4.69, 9.17) is 4.74 Å². The maximum atomic E-state index is 13.0. The van der Waals surface area contributed by atoms with Crippen LogP contribution < -0.4 is 10.6 Å². The predicted molar refractivity (Wildman–Crippen MR) is 157 cm³/mol. The van der Waals surface area contributed by atoms with Gasteiger partial charge in [-0.2, -0.15) is 0 Å². The van der Waals surface area contributed by atoms with Gasteiger partial charge in [-0.05, 0) is 64.5 Å². The van der Waals surface area contributed by atoms with E-state index < -0.39 is 18.0 Å². The lowest BCUT2D eigenvalue weighted by Gasteiger charge is -2.28. The number of anilines is 1. The van der Waals surface area contributed by atoms with Gasteiger partial charge in [-0.25, -0.2) is 9.59 Å². The summed E-state index contributed by atoms with van der Waals surface area (Å²) in [6.45, 7) is 14.6. The Balaban J connectivity index is 1.81. The quantitative estimate of drug-likeness (QED) is 0.269. The average Bonchev–Trinajstić information content (AvgIpc) is 2.86. The van der Waals surface area contributed by atoms with E-state index in [9.17, 15) is 14.7 Å². The SMILES string of the molecule is CCOC(=O)C(NC(=O)Nc1ccccc1CCc1cc(C(C)(C)C)c(O)c(C(C)(C)C)c1)c1ccccc1. The van der Waals surface area contributed by atoms with Gasteiger partial charge in [-0.3, -0.25) is 0 Å². The zero-order valence-corrected chi connectivity index (χ0v) is 24.2. The Bertz CT molecular complexity index is 1250. The van der Waals surface area contributed by atoms with Crippen LogP contribution in [-0.2, 0) is 33.2 Å². The maximum absolute atomic E-state index is 13.0. The molecule has 0 bridgehead atoms. The van der Waals surface area contributed by atoms with E-state index in [1.807, 2.05) is 42.5 Å². The third-order valence-electron chi connectivity index (χ3n) is 6.66. The topological polar surface area (TPSA) is 87.7 Å². The van der Waals surface area contributed by atoms with E-state index in [1.165, 1.54) is 0 Å². The van der Waals surface area contributed by atoms with Gasteiger partial charge < -0.3 is 20.5 Å². The molecule has 0 heterocycles. The van der Waals surface area contributed by atoms with Gasteiger partial charge in [-0.1, -0.05) is 102 Å². The molecule has 0 fully saturated rings. The molecular weight excluding hydrogens is 488 g/mol. The number of para-hydroxylation sites is 1. The Kier molecular flexibility index (Phi) is 9.44. The van der Waals surface area contributed by atoms with E-state index in [-0.39, 0.29) is 17.4 Å². The van der Waals surface area contributed by atoms with Crippen molar-refractivity contribution in [3.05, 3.63) is 94.5 Å². The second kappa shape index (κ2) is 12.4. The number of aromatic hydroxyl groups is 1. The van der Waals surface area contributed by atoms with Crippen molar-refractivity contribution in [2.45, 2.75) is 78.2 Å². The Morgan fingerprint density at radius 1 is 0.846 bits per heavy atom. The molecule has 0 aliphatic rings. The van der Waals surface area contributed by atoms with Gasteiger partial charge in [0.15, 0.2) is 6.04 Å². The number of phenols is 1. The molecule has 1 atom stereocenters. The maximum Gasteiger partial charge on any atom is 0.333 e. The highest BCUT2D eigenvalue weighted by Gasteiger charge is 2.27. The summed E-state index contributed by atoms with van der Waals surface area (Å²) in [5, 5.41) is 16.7. The molecule has 0 spiro atoms. The van der Waals surface area contributed by atoms with Crippen LogP contribution in [0.4, 0.5) is 10.5 Å². The Hall–Kier alpha value is -3.80. The van der Waals surface area contributed by atoms with Crippen molar-refractivity contribution in [3.8, 4) is 5.75 Å². The number of benzene rings is 3. The first-order valence-electron chi connectivity index (χ1n) is 13.5. The fourth-order valence-electron chi connectivity index (χ4n) is 4.56. The van der Waals surface area contributed by atoms with Gasteiger partial charge in [0.25, 0.3) is 0 Å². The van der Waals surface area contributed by atoms with E-state index in [0.29, 0.717) is 23.4 Å². The van der Waals surface area contributed by atoms with Crippen LogP contribution in [-0.4, -0.2) is 23.7 Å². The number of nitrogens with one attached hydrogen (secondary N) is 2. The molecule has 0 saturated carbocycles. The molecule has 2 amide bonds. The molecule has 3 rings (SSSR count). The number of aryl methyl sites for hydroxylation is 2. The van der Waals surface area contributed by atoms with Crippen LogP contribution in [0.5, 0.6) is 5.75 Å². The molecule has 6 nitrogen and oxygen atoms in total. The van der Waals surface area contributed by atoms with Crippen LogP contribution >= 0.6 is 0 Å². The molecule has 3 aromatic rings. The monoisotopic (exact) mass is 530 g/mol. The lowest BCUT2D eigenvalue weighted by molar-refractivity contribution is -0.145. The van der Waals surface area contributed by atoms with Crippen molar-refractivity contribution in [3.63, 3.8) is 0 Å². The van der Waals surface area contributed by atoms with Crippen LogP contribution in [0.2, 0.25) is 0 Å². The summed E-state index contributed by atoms with van der Waals surface area (Å²) >= 11 is 0. The van der Waals surface area contributed by atoms with Crippen LogP contribution in [0.15, 0.2) is 66.7 Å². The normalized spacial score (nSPS) is 12.5. The number of esters is 1. The molecule has 208 valence electrons. The number of rotatable bonds is 8. The molecule has 6 heteroatoms. The third-order valence-corrected chi connectivity index (χ3v) is 6.66. The number of carbonyl (C=O) groups excluding carboxylic acids is 2. The van der Waals surface area contributed by atoms with Crippen molar-refractivity contribution in [1.82, 2.24) is 5.32 Å². The third kappa shape index (κ3) is 7.85. The largest absolute Gasteiger partial charge is 0.507 e. The first kappa shape index (κ1) is 29.8. The van der Waals surface area contributed by atoms with Gasteiger partial charge in [0.2, 0.25) is 0 Å². The van der Waals surface area contributed by atoms with Crippen molar-refractivity contribution >= 4 is 17.7 Å². The Morgan fingerprint density at radius 3 is 1.97 bits per heavy atom. The molecule has 3 N–H and O–H groups in total. The smallest absolute Gasteiger partial charge is 0.333 e. The molecular formula is C33H42N2O4. The van der Waals surface area contributed by atoms with Crippen molar-refractivity contribution in [1.29, 1.82) is 0 Å². The van der Waals surface area contributed by atoms with Crippen molar-refractivity contribution in [2.24, 2.45) is 0 Å². The second-order valence-corrected chi connectivity index (χ2v) is 11.9. The van der Waals surface area contributed by atoms with Crippen LogP contribution in [0, 0.1) is 0 Å². The summed E-state index contributed by atoms with van der Waals surface area (Å²) in [4.78, 5) is 25.6. The summed E-state index contributed by atoms with van der Waals surface area (Å²) in [7, 11) is 0. The Morgan fingerprint density at radius 2 is 1.41 bits per heavy atom. The fourth-order valence-corrected chi connectivity index (χ4v) is 4.56. The molecule has 0 aliphatic carbocycles. The number of hydrogen-bond acceptors (Lipinski definition) is 4. The van der Waals surface area contributed by atoms with E-state index in [2.05, 4.69) is 64.3 Å². The molecule has 0 saturated heterocycles. The number of amides is 2. The minimum Gasteiger partial charge on any atom is -0.507 e. The van der Waals surface area contributed by atoms with Gasteiger partial charge in [0.1, 0.15) is 5.75 Å². The van der Waals surface area contributed by atoms with Gasteiger partial charge in [-0.15, -0.1) is 0 Å². The van der Waals surface area contributed by atoms with E-state index in [1.54, 1.807) is 19.1 Å². The lowest BCUT2D eigenvalue weighted by atomic mass is 9.78. The van der Waals surface area contributed by atoms with Gasteiger partial charge in [0, 0.05) is 5.69 Å². The lowest BCUT2D eigenvalue weighted by Crippen LogP contribution is -2.37.